The summed E-state index contributed by atoms with van der Waals surface area (Å²) >= 11 is 0. The van der Waals surface area contributed by atoms with Crippen molar-refractivity contribution in [2.75, 3.05) is 19.6 Å². The summed E-state index contributed by atoms with van der Waals surface area (Å²) in [4.78, 5) is 2.72. The van der Waals surface area contributed by atoms with E-state index in [1.54, 1.807) is 0 Å². The minimum atomic E-state index is 0.628. The van der Waals surface area contributed by atoms with E-state index in [1.165, 1.54) is 51.7 Å². The van der Waals surface area contributed by atoms with Crippen LogP contribution in [0.5, 0.6) is 0 Å². The molecular weight excluding hydrogens is 208 g/mol. The van der Waals surface area contributed by atoms with Crippen LogP contribution < -0.4 is 5.32 Å². The van der Waals surface area contributed by atoms with Gasteiger partial charge >= 0.3 is 0 Å². The predicted octanol–water partition coefficient (Wildman–Crippen LogP) is 3.28. The molecule has 1 atom stereocenters. The van der Waals surface area contributed by atoms with Crippen LogP contribution in [-0.4, -0.2) is 36.6 Å². The highest BCUT2D eigenvalue weighted by atomic mass is 15.2. The maximum absolute atomic E-state index is 3.51. The Bertz CT molecular complexity index is 187. The van der Waals surface area contributed by atoms with Crippen LogP contribution in [0.1, 0.15) is 59.8 Å². The topological polar surface area (TPSA) is 15.3 Å². The summed E-state index contributed by atoms with van der Waals surface area (Å²) in [6, 6.07) is 1.40. The van der Waals surface area contributed by atoms with Gasteiger partial charge in [-0.3, -0.25) is 0 Å². The lowest BCUT2D eigenvalue weighted by Gasteiger charge is -2.29. The summed E-state index contributed by atoms with van der Waals surface area (Å²) < 4.78 is 0. The molecule has 1 saturated carbocycles. The fourth-order valence-corrected chi connectivity index (χ4v) is 2.38. The summed E-state index contributed by atoms with van der Waals surface area (Å²) in [5.74, 6) is 1.03. The monoisotopic (exact) mass is 240 g/mol. The second-order valence-corrected chi connectivity index (χ2v) is 6.04. The highest BCUT2D eigenvalue weighted by Crippen LogP contribution is 2.30. The average Bonchev–Trinajstić information content (AvgIpc) is 3.07. The lowest BCUT2D eigenvalue weighted by Crippen LogP contribution is -2.36. The Morgan fingerprint density at radius 3 is 2.47 bits per heavy atom. The molecule has 0 aromatic rings. The van der Waals surface area contributed by atoms with Gasteiger partial charge in [0.2, 0.25) is 0 Å². The van der Waals surface area contributed by atoms with Gasteiger partial charge in [-0.15, -0.1) is 0 Å². The molecule has 17 heavy (non-hydrogen) atoms. The predicted molar refractivity (Wildman–Crippen MR) is 76.4 cm³/mol. The SMILES string of the molecule is CCCN(CC1CC1)C(C)CCCNC(C)C. The number of rotatable bonds is 10. The molecule has 0 aliphatic heterocycles. The van der Waals surface area contributed by atoms with Gasteiger partial charge in [0.1, 0.15) is 0 Å². The Balaban J connectivity index is 2.14. The lowest BCUT2D eigenvalue weighted by molar-refractivity contribution is 0.189. The summed E-state index contributed by atoms with van der Waals surface area (Å²) in [5, 5.41) is 3.51. The number of hydrogen-bond acceptors (Lipinski definition) is 2. The van der Waals surface area contributed by atoms with Crippen molar-refractivity contribution in [3.63, 3.8) is 0 Å². The molecule has 1 fully saturated rings. The Labute approximate surface area is 108 Å². The molecule has 1 N–H and O–H groups in total. The zero-order valence-electron chi connectivity index (χ0n) is 12.3. The molecule has 0 radical (unpaired) electrons. The molecule has 102 valence electrons. The van der Waals surface area contributed by atoms with E-state index in [0.717, 1.165) is 12.0 Å². The molecule has 0 spiro atoms. The van der Waals surface area contributed by atoms with Crippen molar-refractivity contribution >= 4 is 0 Å². The van der Waals surface area contributed by atoms with Gasteiger partial charge in [-0.2, -0.15) is 0 Å². The normalized spacial score (nSPS) is 18.0. The van der Waals surface area contributed by atoms with Gasteiger partial charge in [0.15, 0.2) is 0 Å². The quantitative estimate of drug-likeness (QED) is 0.590. The minimum Gasteiger partial charge on any atom is -0.315 e. The maximum Gasteiger partial charge on any atom is 0.00675 e. The molecule has 1 rings (SSSR count). The highest BCUT2D eigenvalue weighted by molar-refractivity contribution is 4.79. The van der Waals surface area contributed by atoms with E-state index in [4.69, 9.17) is 0 Å². The smallest absolute Gasteiger partial charge is 0.00675 e. The van der Waals surface area contributed by atoms with E-state index in [-0.39, 0.29) is 0 Å². The first-order valence-electron chi connectivity index (χ1n) is 7.61. The Morgan fingerprint density at radius 1 is 1.24 bits per heavy atom. The zero-order chi connectivity index (χ0) is 12.7. The Hall–Kier alpha value is -0.0800. The van der Waals surface area contributed by atoms with E-state index in [1.807, 2.05) is 0 Å². The first-order valence-corrected chi connectivity index (χ1v) is 7.61. The largest absolute Gasteiger partial charge is 0.315 e. The average molecular weight is 240 g/mol. The standard InChI is InChI=1S/C15H32N2/c1-5-11-17(12-15-8-9-15)14(4)7-6-10-16-13(2)3/h13-16H,5-12H2,1-4H3. The minimum absolute atomic E-state index is 0.628. The van der Waals surface area contributed by atoms with Crippen LogP contribution in [0.2, 0.25) is 0 Å². The maximum atomic E-state index is 3.51. The van der Waals surface area contributed by atoms with E-state index < -0.39 is 0 Å². The Kier molecular flexibility index (Phi) is 7.14. The molecule has 0 aromatic carbocycles. The zero-order valence-corrected chi connectivity index (χ0v) is 12.3. The molecule has 1 unspecified atom stereocenters. The molecule has 0 aromatic heterocycles. The van der Waals surface area contributed by atoms with Crippen LogP contribution in [-0.2, 0) is 0 Å². The lowest BCUT2D eigenvalue weighted by atomic mass is 10.1. The summed E-state index contributed by atoms with van der Waals surface area (Å²) in [6.07, 6.45) is 6.89. The van der Waals surface area contributed by atoms with Crippen LogP contribution in [0.15, 0.2) is 0 Å². The van der Waals surface area contributed by atoms with Gasteiger partial charge < -0.3 is 10.2 Å². The van der Waals surface area contributed by atoms with Crippen molar-refractivity contribution in [3.05, 3.63) is 0 Å². The number of nitrogens with one attached hydrogen (secondary N) is 1. The van der Waals surface area contributed by atoms with E-state index >= 15 is 0 Å². The van der Waals surface area contributed by atoms with Crippen LogP contribution in [0.3, 0.4) is 0 Å². The van der Waals surface area contributed by atoms with Crippen molar-refractivity contribution in [2.24, 2.45) is 5.92 Å². The molecule has 0 heterocycles. The van der Waals surface area contributed by atoms with Gasteiger partial charge in [0.05, 0.1) is 0 Å². The van der Waals surface area contributed by atoms with Gasteiger partial charge in [-0.25, -0.2) is 0 Å². The molecule has 0 amide bonds. The molecular formula is C15H32N2. The summed E-state index contributed by atoms with van der Waals surface area (Å²) in [5.41, 5.74) is 0. The second-order valence-electron chi connectivity index (χ2n) is 6.04. The highest BCUT2D eigenvalue weighted by Gasteiger charge is 2.25. The van der Waals surface area contributed by atoms with Crippen molar-refractivity contribution < 1.29 is 0 Å². The third-order valence-electron chi connectivity index (χ3n) is 3.68. The van der Waals surface area contributed by atoms with Crippen molar-refractivity contribution in [2.45, 2.75) is 71.9 Å². The molecule has 1 aliphatic rings. The van der Waals surface area contributed by atoms with Gasteiger partial charge in [-0.05, 0) is 58.0 Å². The van der Waals surface area contributed by atoms with E-state index in [9.17, 15) is 0 Å². The number of nitrogens with zero attached hydrogens (tertiary/aromatic N) is 1. The second kappa shape index (κ2) is 8.10. The van der Waals surface area contributed by atoms with E-state index in [0.29, 0.717) is 6.04 Å². The fraction of sp³-hybridized carbons (Fsp3) is 1.00. The van der Waals surface area contributed by atoms with Crippen LogP contribution in [0.4, 0.5) is 0 Å². The molecule has 1 aliphatic carbocycles. The first-order chi connectivity index (χ1) is 8.13. The third kappa shape index (κ3) is 7.05. The molecule has 2 heteroatoms. The van der Waals surface area contributed by atoms with Gasteiger partial charge in [0.25, 0.3) is 0 Å². The third-order valence-corrected chi connectivity index (χ3v) is 3.68. The van der Waals surface area contributed by atoms with Crippen LogP contribution in [0.25, 0.3) is 0 Å². The summed E-state index contributed by atoms with van der Waals surface area (Å²) in [6.45, 7) is 13.0. The molecule has 0 saturated heterocycles. The number of hydrogen-bond donors (Lipinski definition) is 1. The summed E-state index contributed by atoms with van der Waals surface area (Å²) in [7, 11) is 0. The van der Waals surface area contributed by atoms with Crippen LogP contribution >= 0.6 is 0 Å². The molecule has 2 nitrogen and oxygen atoms in total. The van der Waals surface area contributed by atoms with Gasteiger partial charge in [0, 0.05) is 18.6 Å². The molecule has 0 bridgehead atoms. The van der Waals surface area contributed by atoms with Crippen molar-refractivity contribution in [1.82, 2.24) is 10.2 Å². The van der Waals surface area contributed by atoms with Crippen molar-refractivity contribution in [1.29, 1.82) is 0 Å². The Morgan fingerprint density at radius 2 is 1.94 bits per heavy atom. The fourth-order valence-electron chi connectivity index (χ4n) is 2.38. The first kappa shape index (κ1) is 15.0. The van der Waals surface area contributed by atoms with Crippen LogP contribution in [0, 0.1) is 5.92 Å². The van der Waals surface area contributed by atoms with E-state index in [2.05, 4.69) is 37.9 Å². The van der Waals surface area contributed by atoms with Crippen molar-refractivity contribution in [3.8, 4) is 0 Å². The van der Waals surface area contributed by atoms with Gasteiger partial charge in [-0.1, -0.05) is 20.8 Å².